The molecule has 5 heteroatoms. The van der Waals surface area contributed by atoms with Gasteiger partial charge in [-0.1, -0.05) is 42.1 Å². The van der Waals surface area contributed by atoms with E-state index in [1.54, 1.807) is 0 Å². The van der Waals surface area contributed by atoms with Crippen LogP contribution >= 0.6 is 11.8 Å². The molecule has 0 N–H and O–H groups in total. The summed E-state index contributed by atoms with van der Waals surface area (Å²) in [6.07, 6.45) is 3.65. The molecule has 1 atom stereocenters. The summed E-state index contributed by atoms with van der Waals surface area (Å²) in [5.41, 5.74) is 1.37. The van der Waals surface area contributed by atoms with Gasteiger partial charge in [-0.25, -0.2) is 0 Å². The lowest BCUT2D eigenvalue weighted by Gasteiger charge is -2.19. The summed E-state index contributed by atoms with van der Waals surface area (Å²) in [6, 6.07) is 10.8. The lowest BCUT2D eigenvalue weighted by molar-refractivity contribution is 0.398. The van der Waals surface area contributed by atoms with Crippen LogP contribution in [0.3, 0.4) is 0 Å². The summed E-state index contributed by atoms with van der Waals surface area (Å²) < 4.78 is 2.31. The van der Waals surface area contributed by atoms with Crippen molar-refractivity contribution in [3.05, 3.63) is 41.7 Å². The fourth-order valence-corrected chi connectivity index (χ4v) is 4.00. The van der Waals surface area contributed by atoms with E-state index in [9.17, 15) is 0 Å². The molecule has 3 rings (SSSR count). The van der Waals surface area contributed by atoms with E-state index in [-0.39, 0.29) is 0 Å². The number of thioether (sulfide) groups is 1. The van der Waals surface area contributed by atoms with Gasteiger partial charge in [0.05, 0.1) is 0 Å². The minimum atomic E-state index is 0.417. The third-order valence-electron chi connectivity index (χ3n) is 4.26. The van der Waals surface area contributed by atoms with Crippen LogP contribution in [0.2, 0.25) is 0 Å². The molecule has 1 fully saturated rings. The van der Waals surface area contributed by atoms with Gasteiger partial charge >= 0.3 is 0 Å². The van der Waals surface area contributed by atoms with E-state index in [0.717, 1.165) is 24.7 Å². The Hall–Kier alpha value is -1.33. The first-order valence-electron chi connectivity index (χ1n) is 8.48. The van der Waals surface area contributed by atoms with Crippen molar-refractivity contribution in [3.63, 3.8) is 0 Å². The van der Waals surface area contributed by atoms with Crippen molar-refractivity contribution in [2.45, 2.75) is 49.1 Å². The first-order chi connectivity index (χ1) is 11.2. The van der Waals surface area contributed by atoms with Crippen LogP contribution in [0.4, 0.5) is 0 Å². The molecule has 0 amide bonds. The van der Waals surface area contributed by atoms with Crippen LogP contribution in [-0.4, -0.2) is 40.3 Å². The predicted molar refractivity (Wildman–Crippen MR) is 95.9 cm³/mol. The standard InChI is InChI=1S/C18H26N4S/c1-4-22-17(15-10-11-15)19-20-18(22)23-16(12-13-21(2)3)14-8-6-5-7-9-14/h5-9,15-16H,4,10-13H2,1-3H3. The van der Waals surface area contributed by atoms with Crippen LogP contribution in [0.25, 0.3) is 0 Å². The van der Waals surface area contributed by atoms with E-state index < -0.39 is 0 Å². The van der Waals surface area contributed by atoms with Gasteiger partial charge in [0.15, 0.2) is 5.16 Å². The Labute approximate surface area is 143 Å². The number of hydrogen-bond donors (Lipinski definition) is 0. The highest BCUT2D eigenvalue weighted by molar-refractivity contribution is 7.99. The van der Waals surface area contributed by atoms with Crippen molar-refractivity contribution in [2.75, 3.05) is 20.6 Å². The van der Waals surface area contributed by atoms with Crippen LogP contribution < -0.4 is 0 Å². The quantitative estimate of drug-likeness (QED) is 0.686. The zero-order chi connectivity index (χ0) is 16.2. The van der Waals surface area contributed by atoms with Crippen molar-refractivity contribution in [2.24, 2.45) is 0 Å². The van der Waals surface area contributed by atoms with Crippen LogP contribution in [0.1, 0.15) is 48.7 Å². The van der Waals surface area contributed by atoms with E-state index in [4.69, 9.17) is 0 Å². The van der Waals surface area contributed by atoms with Crippen molar-refractivity contribution in [3.8, 4) is 0 Å². The SMILES string of the molecule is CCn1c(SC(CCN(C)C)c2ccccc2)nnc1C1CC1. The molecule has 0 bridgehead atoms. The average Bonchev–Trinajstić information content (AvgIpc) is 3.32. The van der Waals surface area contributed by atoms with Gasteiger partial charge in [0.2, 0.25) is 0 Å². The fourth-order valence-electron chi connectivity index (χ4n) is 2.79. The Morgan fingerprint density at radius 1 is 1.22 bits per heavy atom. The minimum Gasteiger partial charge on any atom is -0.309 e. The molecule has 1 aromatic heterocycles. The molecular formula is C18H26N4S. The number of aromatic nitrogens is 3. The predicted octanol–water partition coefficient (Wildman–Crippen LogP) is 3.96. The van der Waals surface area contributed by atoms with Crippen molar-refractivity contribution < 1.29 is 0 Å². The van der Waals surface area contributed by atoms with E-state index in [0.29, 0.717) is 11.2 Å². The molecule has 4 nitrogen and oxygen atoms in total. The van der Waals surface area contributed by atoms with E-state index in [2.05, 4.69) is 71.0 Å². The van der Waals surface area contributed by atoms with Crippen LogP contribution in [0, 0.1) is 0 Å². The summed E-state index contributed by atoms with van der Waals surface area (Å²) in [7, 11) is 4.26. The summed E-state index contributed by atoms with van der Waals surface area (Å²) in [6.45, 7) is 4.22. The summed E-state index contributed by atoms with van der Waals surface area (Å²) in [5, 5.41) is 10.5. The topological polar surface area (TPSA) is 34.0 Å². The maximum atomic E-state index is 4.50. The summed E-state index contributed by atoms with van der Waals surface area (Å²) >= 11 is 1.86. The smallest absolute Gasteiger partial charge is 0.191 e. The molecule has 1 unspecified atom stereocenters. The molecule has 0 radical (unpaired) electrons. The molecule has 0 spiro atoms. The Morgan fingerprint density at radius 3 is 2.57 bits per heavy atom. The molecule has 2 aromatic rings. The highest BCUT2D eigenvalue weighted by atomic mass is 32.2. The molecule has 1 aromatic carbocycles. The zero-order valence-electron chi connectivity index (χ0n) is 14.3. The molecule has 0 aliphatic heterocycles. The van der Waals surface area contributed by atoms with Gasteiger partial charge in [0.1, 0.15) is 5.82 Å². The van der Waals surface area contributed by atoms with Crippen molar-refractivity contribution in [1.29, 1.82) is 0 Å². The number of nitrogens with zero attached hydrogens (tertiary/aromatic N) is 4. The van der Waals surface area contributed by atoms with Crippen LogP contribution in [-0.2, 0) is 6.54 Å². The summed E-state index contributed by atoms with van der Waals surface area (Å²) in [4.78, 5) is 2.25. The summed E-state index contributed by atoms with van der Waals surface area (Å²) in [5.74, 6) is 1.84. The highest BCUT2D eigenvalue weighted by Gasteiger charge is 2.30. The van der Waals surface area contributed by atoms with Gasteiger partial charge in [-0.15, -0.1) is 10.2 Å². The van der Waals surface area contributed by atoms with Crippen LogP contribution in [0.15, 0.2) is 35.5 Å². The maximum Gasteiger partial charge on any atom is 0.191 e. The first-order valence-corrected chi connectivity index (χ1v) is 9.36. The third kappa shape index (κ3) is 4.15. The second-order valence-corrected chi connectivity index (χ2v) is 7.64. The highest BCUT2D eigenvalue weighted by Crippen LogP contribution is 2.42. The Morgan fingerprint density at radius 2 is 1.96 bits per heavy atom. The van der Waals surface area contributed by atoms with Gasteiger partial charge < -0.3 is 9.47 Å². The van der Waals surface area contributed by atoms with Gasteiger partial charge in [-0.2, -0.15) is 0 Å². The second-order valence-electron chi connectivity index (χ2n) is 6.47. The first kappa shape index (κ1) is 16.5. The molecule has 1 aliphatic carbocycles. The van der Waals surface area contributed by atoms with Gasteiger partial charge in [0.25, 0.3) is 0 Å². The van der Waals surface area contributed by atoms with Gasteiger partial charge in [-0.05, 0) is 52.4 Å². The molecular weight excluding hydrogens is 304 g/mol. The maximum absolute atomic E-state index is 4.50. The second kappa shape index (κ2) is 7.49. The number of hydrogen-bond acceptors (Lipinski definition) is 4. The Kier molecular flexibility index (Phi) is 5.38. The van der Waals surface area contributed by atoms with E-state index in [1.807, 2.05) is 11.8 Å². The number of benzene rings is 1. The lowest BCUT2D eigenvalue weighted by Crippen LogP contribution is -2.15. The van der Waals surface area contributed by atoms with Crippen molar-refractivity contribution >= 4 is 11.8 Å². The third-order valence-corrected chi connectivity index (χ3v) is 5.57. The molecule has 1 heterocycles. The molecule has 0 saturated heterocycles. The van der Waals surface area contributed by atoms with Crippen molar-refractivity contribution in [1.82, 2.24) is 19.7 Å². The monoisotopic (exact) mass is 330 g/mol. The van der Waals surface area contributed by atoms with E-state index in [1.165, 1.54) is 24.2 Å². The van der Waals surface area contributed by atoms with Gasteiger partial charge in [-0.3, -0.25) is 0 Å². The molecule has 124 valence electrons. The molecule has 1 aliphatic rings. The van der Waals surface area contributed by atoms with Crippen LogP contribution in [0.5, 0.6) is 0 Å². The largest absolute Gasteiger partial charge is 0.309 e. The normalized spacial score (nSPS) is 16.0. The van der Waals surface area contributed by atoms with Gasteiger partial charge in [0, 0.05) is 17.7 Å². The zero-order valence-corrected chi connectivity index (χ0v) is 15.1. The lowest BCUT2D eigenvalue weighted by atomic mass is 10.1. The Bertz CT molecular complexity index is 619. The molecule has 1 saturated carbocycles. The fraction of sp³-hybridized carbons (Fsp3) is 0.556. The molecule has 23 heavy (non-hydrogen) atoms. The van der Waals surface area contributed by atoms with E-state index >= 15 is 0 Å². The Balaban J connectivity index is 1.80. The minimum absolute atomic E-state index is 0.417. The number of rotatable bonds is 8. The average molecular weight is 331 g/mol.